The van der Waals surface area contributed by atoms with Crippen molar-refractivity contribution < 1.29 is 4.79 Å². The summed E-state index contributed by atoms with van der Waals surface area (Å²) in [5.74, 6) is 2.81. The maximum Gasteiger partial charge on any atom is 0.220 e. The van der Waals surface area contributed by atoms with Gasteiger partial charge in [-0.3, -0.25) is 4.79 Å². The van der Waals surface area contributed by atoms with Crippen molar-refractivity contribution in [2.45, 2.75) is 58.4 Å². The number of carbonyl (C=O) groups excluding carboxylic acids is 1. The quantitative estimate of drug-likeness (QED) is 0.758. The first-order chi connectivity index (χ1) is 7.19. The maximum absolute atomic E-state index is 11.7. The summed E-state index contributed by atoms with van der Waals surface area (Å²) in [6, 6.07) is 0.344. The summed E-state index contributed by atoms with van der Waals surface area (Å²) in [5, 5.41) is 3.08. The molecule has 1 amide bonds. The number of nitrogens with one attached hydrogen (secondary N) is 1. The van der Waals surface area contributed by atoms with Gasteiger partial charge in [-0.2, -0.15) is 0 Å². The first kappa shape index (κ1) is 11.0. The van der Waals surface area contributed by atoms with Crippen LogP contribution in [0.25, 0.3) is 0 Å². The zero-order valence-corrected chi connectivity index (χ0v) is 9.96. The molecule has 4 atom stereocenters. The molecule has 1 N–H and O–H groups in total. The van der Waals surface area contributed by atoms with Gasteiger partial charge >= 0.3 is 0 Å². The van der Waals surface area contributed by atoms with Crippen LogP contribution in [0.4, 0.5) is 0 Å². The van der Waals surface area contributed by atoms with Crippen molar-refractivity contribution in [3.05, 3.63) is 0 Å². The van der Waals surface area contributed by atoms with Crippen LogP contribution in [0.5, 0.6) is 0 Å². The van der Waals surface area contributed by atoms with E-state index in [1.54, 1.807) is 0 Å². The zero-order chi connectivity index (χ0) is 10.8. The van der Waals surface area contributed by atoms with Crippen molar-refractivity contribution in [2.24, 2.45) is 17.8 Å². The second-order valence-electron chi connectivity index (χ2n) is 5.52. The predicted octanol–water partition coefficient (Wildman–Crippen LogP) is 2.73. The monoisotopic (exact) mass is 209 g/mol. The van der Waals surface area contributed by atoms with E-state index in [4.69, 9.17) is 0 Å². The van der Waals surface area contributed by atoms with Crippen molar-refractivity contribution in [1.82, 2.24) is 5.32 Å². The van der Waals surface area contributed by atoms with Crippen LogP contribution in [0.2, 0.25) is 0 Å². The van der Waals surface area contributed by atoms with Gasteiger partial charge in [0.15, 0.2) is 0 Å². The summed E-state index contributed by atoms with van der Waals surface area (Å²) in [5.41, 5.74) is 0. The number of fused-ring (bicyclic) bond motifs is 2. The molecule has 0 aromatic rings. The molecule has 0 aromatic carbocycles. The van der Waals surface area contributed by atoms with Crippen molar-refractivity contribution in [2.75, 3.05) is 0 Å². The van der Waals surface area contributed by atoms with Crippen LogP contribution < -0.4 is 5.32 Å². The van der Waals surface area contributed by atoms with E-state index in [1.807, 2.05) is 0 Å². The third kappa shape index (κ3) is 2.53. The predicted molar refractivity (Wildman–Crippen MR) is 61.5 cm³/mol. The molecule has 0 saturated heterocycles. The summed E-state index contributed by atoms with van der Waals surface area (Å²) < 4.78 is 0. The lowest BCUT2D eigenvalue weighted by Gasteiger charge is -2.21. The van der Waals surface area contributed by atoms with Crippen molar-refractivity contribution in [1.29, 1.82) is 0 Å². The lowest BCUT2D eigenvalue weighted by Crippen LogP contribution is -2.33. The number of amides is 1. The fourth-order valence-electron chi connectivity index (χ4n) is 3.30. The molecule has 2 rings (SSSR count). The Bertz CT molecular complexity index is 239. The molecule has 0 spiro atoms. The maximum atomic E-state index is 11.7. The SMILES string of the molecule is CC[C@H](C)NC(=O)C[C@H]1C[C@H]2CC[C@H]1C2. The fourth-order valence-corrected chi connectivity index (χ4v) is 3.30. The minimum Gasteiger partial charge on any atom is -0.354 e. The molecule has 15 heavy (non-hydrogen) atoms. The largest absolute Gasteiger partial charge is 0.354 e. The Hall–Kier alpha value is -0.530. The Balaban J connectivity index is 1.75. The fraction of sp³-hybridized carbons (Fsp3) is 0.923. The van der Waals surface area contributed by atoms with Gasteiger partial charge in [-0.25, -0.2) is 0 Å². The lowest BCUT2D eigenvalue weighted by atomic mass is 9.86. The van der Waals surface area contributed by atoms with Gasteiger partial charge in [0, 0.05) is 12.5 Å². The lowest BCUT2D eigenvalue weighted by molar-refractivity contribution is -0.123. The number of rotatable bonds is 4. The van der Waals surface area contributed by atoms with E-state index in [1.165, 1.54) is 25.7 Å². The molecular weight excluding hydrogens is 186 g/mol. The van der Waals surface area contributed by atoms with Crippen molar-refractivity contribution >= 4 is 5.91 Å². The highest BCUT2D eigenvalue weighted by atomic mass is 16.1. The van der Waals surface area contributed by atoms with Gasteiger partial charge < -0.3 is 5.32 Å². The highest BCUT2D eigenvalue weighted by Crippen LogP contribution is 2.49. The van der Waals surface area contributed by atoms with Crippen LogP contribution >= 0.6 is 0 Å². The Morgan fingerprint density at radius 1 is 1.40 bits per heavy atom. The third-order valence-electron chi connectivity index (χ3n) is 4.35. The Morgan fingerprint density at radius 3 is 2.73 bits per heavy atom. The molecule has 2 heteroatoms. The van der Waals surface area contributed by atoms with E-state index < -0.39 is 0 Å². The highest BCUT2D eigenvalue weighted by molar-refractivity contribution is 5.76. The molecule has 86 valence electrons. The number of hydrogen-bond donors (Lipinski definition) is 1. The normalized spacial score (nSPS) is 35.5. The van der Waals surface area contributed by atoms with Gasteiger partial charge in [0.05, 0.1) is 0 Å². The molecule has 0 heterocycles. The summed E-state index contributed by atoms with van der Waals surface area (Å²) in [4.78, 5) is 11.7. The summed E-state index contributed by atoms with van der Waals surface area (Å²) >= 11 is 0. The Labute approximate surface area is 92.8 Å². The molecule has 2 bridgehead atoms. The Kier molecular flexibility index (Phi) is 3.32. The van der Waals surface area contributed by atoms with Gasteiger partial charge in [0.2, 0.25) is 5.91 Å². The number of hydrogen-bond acceptors (Lipinski definition) is 1. The second kappa shape index (κ2) is 4.54. The topological polar surface area (TPSA) is 29.1 Å². The average molecular weight is 209 g/mol. The van der Waals surface area contributed by atoms with Crippen LogP contribution in [-0.2, 0) is 4.79 Å². The smallest absolute Gasteiger partial charge is 0.220 e. The minimum absolute atomic E-state index is 0.280. The van der Waals surface area contributed by atoms with Gasteiger partial charge in [-0.05, 0) is 50.4 Å². The van der Waals surface area contributed by atoms with Crippen LogP contribution in [0.3, 0.4) is 0 Å². The molecule has 2 nitrogen and oxygen atoms in total. The molecule has 0 aromatic heterocycles. The molecule has 0 unspecified atom stereocenters. The van der Waals surface area contributed by atoms with E-state index >= 15 is 0 Å². The molecule has 2 aliphatic rings. The van der Waals surface area contributed by atoms with E-state index in [2.05, 4.69) is 19.2 Å². The Morgan fingerprint density at radius 2 is 2.20 bits per heavy atom. The average Bonchev–Trinajstić information content (AvgIpc) is 2.78. The van der Waals surface area contributed by atoms with Crippen LogP contribution in [0, 0.1) is 17.8 Å². The zero-order valence-electron chi connectivity index (χ0n) is 9.96. The summed E-state index contributed by atoms with van der Waals surface area (Å²) in [6.45, 7) is 4.20. The van der Waals surface area contributed by atoms with E-state index in [9.17, 15) is 4.79 Å². The van der Waals surface area contributed by atoms with Crippen molar-refractivity contribution in [3.63, 3.8) is 0 Å². The molecule has 2 fully saturated rings. The standard InChI is InChI=1S/C13H23NO/c1-3-9(2)14-13(15)8-12-7-10-4-5-11(12)6-10/h9-12H,3-8H2,1-2H3,(H,14,15)/t9-,10-,11-,12+/m0/s1. The van der Waals surface area contributed by atoms with Gasteiger partial charge in [-0.1, -0.05) is 13.3 Å². The third-order valence-corrected chi connectivity index (χ3v) is 4.35. The highest BCUT2D eigenvalue weighted by Gasteiger charge is 2.40. The molecule has 0 radical (unpaired) electrons. The summed E-state index contributed by atoms with van der Waals surface area (Å²) in [6.07, 6.45) is 7.34. The first-order valence-corrected chi connectivity index (χ1v) is 6.48. The minimum atomic E-state index is 0.280. The van der Waals surface area contributed by atoms with E-state index in [0.717, 1.165) is 24.7 Å². The first-order valence-electron chi connectivity index (χ1n) is 6.48. The second-order valence-corrected chi connectivity index (χ2v) is 5.52. The number of carbonyl (C=O) groups is 1. The van der Waals surface area contributed by atoms with Gasteiger partial charge in [0.25, 0.3) is 0 Å². The molecule has 0 aliphatic heterocycles. The van der Waals surface area contributed by atoms with E-state index in [0.29, 0.717) is 12.0 Å². The van der Waals surface area contributed by atoms with Gasteiger partial charge in [0.1, 0.15) is 0 Å². The van der Waals surface area contributed by atoms with Crippen LogP contribution in [-0.4, -0.2) is 11.9 Å². The molecule has 2 saturated carbocycles. The van der Waals surface area contributed by atoms with E-state index in [-0.39, 0.29) is 5.91 Å². The van der Waals surface area contributed by atoms with Gasteiger partial charge in [-0.15, -0.1) is 0 Å². The molecular formula is C13H23NO. The van der Waals surface area contributed by atoms with Crippen LogP contribution in [0.15, 0.2) is 0 Å². The van der Waals surface area contributed by atoms with Crippen molar-refractivity contribution in [3.8, 4) is 0 Å². The van der Waals surface area contributed by atoms with Crippen LogP contribution in [0.1, 0.15) is 52.4 Å². The summed E-state index contributed by atoms with van der Waals surface area (Å²) in [7, 11) is 0. The molecule has 2 aliphatic carbocycles.